The zero-order valence-corrected chi connectivity index (χ0v) is 10.3. The summed E-state index contributed by atoms with van der Waals surface area (Å²) in [6.45, 7) is 4.25. The highest BCUT2D eigenvalue weighted by Crippen LogP contribution is 2.14. The van der Waals surface area contributed by atoms with Gasteiger partial charge in [-0.3, -0.25) is 14.7 Å². The molecule has 0 fully saturated rings. The molecule has 0 radical (unpaired) electrons. The zero-order chi connectivity index (χ0) is 12.8. The molecule has 0 spiro atoms. The number of aliphatic carboxylic acids is 1. The first-order valence-electron chi connectivity index (χ1n) is 5.34. The Kier molecular flexibility index (Phi) is 4.84. The molecule has 1 heterocycles. The Hall–Kier alpha value is -1.69. The van der Waals surface area contributed by atoms with Crippen molar-refractivity contribution < 1.29 is 14.6 Å². The fourth-order valence-corrected chi connectivity index (χ4v) is 1.42. The van der Waals surface area contributed by atoms with Crippen LogP contribution in [-0.4, -0.2) is 45.6 Å². The Balaban J connectivity index is 2.81. The van der Waals surface area contributed by atoms with E-state index in [-0.39, 0.29) is 12.6 Å². The number of rotatable bonds is 6. The van der Waals surface area contributed by atoms with Crippen LogP contribution in [0.1, 0.15) is 19.5 Å². The van der Waals surface area contributed by atoms with E-state index in [1.54, 1.807) is 17.3 Å². The van der Waals surface area contributed by atoms with Crippen LogP contribution < -0.4 is 4.74 Å². The van der Waals surface area contributed by atoms with E-state index in [2.05, 4.69) is 9.97 Å². The molecule has 0 unspecified atom stereocenters. The van der Waals surface area contributed by atoms with Crippen molar-refractivity contribution in [2.75, 3.05) is 13.7 Å². The Labute approximate surface area is 100 Å². The van der Waals surface area contributed by atoms with Gasteiger partial charge in [-0.15, -0.1) is 0 Å². The first-order valence-corrected chi connectivity index (χ1v) is 5.34. The first kappa shape index (κ1) is 13.4. The summed E-state index contributed by atoms with van der Waals surface area (Å²) in [5.41, 5.74) is 0.643. The second kappa shape index (κ2) is 6.15. The number of carboxylic acids is 1. The van der Waals surface area contributed by atoms with Gasteiger partial charge in [0.1, 0.15) is 5.69 Å². The molecule has 0 aliphatic heterocycles. The normalized spacial score (nSPS) is 10.9. The third-order valence-electron chi connectivity index (χ3n) is 2.35. The van der Waals surface area contributed by atoms with Crippen molar-refractivity contribution in [2.45, 2.75) is 26.4 Å². The lowest BCUT2D eigenvalue weighted by molar-refractivity contribution is -0.139. The fraction of sp³-hybridized carbons (Fsp3) is 0.545. The predicted octanol–water partition coefficient (Wildman–Crippen LogP) is 0.780. The quantitative estimate of drug-likeness (QED) is 0.790. The number of aromatic nitrogens is 2. The lowest BCUT2D eigenvalue weighted by Gasteiger charge is -2.24. The smallest absolute Gasteiger partial charge is 0.317 e. The number of ether oxygens (including phenoxy) is 1. The average molecular weight is 239 g/mol. The van der Waals surface area contributed by atoms with E-state index in [1.807, 2.05) is 13.8 Å². The standard InChI is InChI=1S/C11H17N3O3/c1-8(2)14(7-10(15)16)6-9-11(17-3)13-5-4-12-9/h4-5,8H,6-7H2,1-3H3,(H,15,16). The molecule has 0 amide bonds. The maximum Gasteiger partial charge on any atom is 0.317 e. The summed E-state index contributed by atoms with van der Waals surface area (Å²) in [7, 11) is 1.52. The number of hydrogen-bond donors (Lipinski definition) is 1. The Bertz CT molecular complexity index is 382. The number of carboxylic acid groups (broad SMARTS) is 1. The van der Waals surface area contributed by atoms with Gasteiger partial charge in [0.05, 0.1) is 13.7 Å². The summed E-state index contributed by atoms with van der Waals surface area (Å²) in [4.78, 5) is 20.7. The van der Waals surface area contributed by atoms with Crippen molar-refractivity contribution in [1.29, 1.82) is 0 Å². The van der Waals surface area contributed by atoms with Gasteiger partial charge in [0, 0.05) is 25.0 Å². The summed E-state index contributed by atoms with van der Waals surface area (Å²) in [6, 6.07) is 0.109. The van der Waals surface area contributed by atoms with Gasteiger partial charge in [0.25, 0.3) is 0 Å². The van der Waals surface area contributed by atoms with Crippen LogP contribution in [0.15, 0.2) is 12.4 Å². The average Bonchev–Trinajstić information content (AvgIpc) is 2.28. The minimum atomic E-state index is -0.860. The molecule has 0 aromatic carbocycles. The second-order valence-electron chi connectivity index (χ2n) is 3.90. The molecule has 6 nitrogen and oxygen atoms in total. The summed E-state index contributed by atoms with van der Waals surface area (Å²) in [6.07, 6.45) is 3.11. The lowest BCUT2D eigenvalue weighted by Crippen LogP contribution is -2.35. The van der Waals surface area contributed by atoms with Crippen LogP contribution in [0, 0.1) is 0 Å². The molecule has 0 aliphatic rings. The molecule has 17 heavy (non-hydrogen) atoms. The Morgan fingerprint density at radius 3 is 2.65 bits per heavy atom. The van der Waals surface area contributed by atoms with E-state index in [0.717, 1.165) is 0 Å². The van der Waals surface area contributed by atoms with Gasteiger partial charge in [0.2, 0.25) is 5.88 Å². The number of methoxy groups -OCH3 is 1. The molecular weight excluding hydrogens is 222 g/mol. The van der Waals surface area contributed by atoms with Crippen molar-refractivity contribution in [3.05, 3.63) is 18.1 Å². The maximum absolute atomic E-state index is 10.7. The first-order chi connectivity index (χ1) is 8.04. The van der Waals surface area contributed by atoms with Crippen LogP contribution in [-0.2, 0) is 11.3 Å². The minimum absolute atomic E-state index is 0.0304. The molecule has 1 N–H and O–H groups in total. The largest absolute Gasteiger partial charge is 0.480 e. The molecule has 1 rings (SSSR count). The summed E-state index contributed by atoms with van der Waals surface area (Å²) in [5, 5.41) is 8.83. The summed E-state index contributed by atoms with van der Waals surface area (Å²) in [5.74, 6) is -0.426. The number of carbonyl (C=O) groups is 1. The minimum Gasteiger partial charge on any atom is -0.480 e. The van der Waals surface area contributed by atoms with Gasteiger partial charge in [-0.1, -0.05) is 0 Å². The Morgan fingerprint density at radius 2 is 2.12 bits per heavy atom. The SMILES string of the molecule is COc1nccnc1CN(CC(=O)O)C(C)C. The van der Waals surface area contributed by atoms with E-state index in [0.29, 0.717) is 18.1 Å². The highest BCUT2D eigenvalue weighted by Gasteiger charge is 2.17. The molecule has 0 saturated carbocycles. The van der Waals surface area contributed by atoms with Crippen LogP contribution in [0.3, 0.4) is 0 Å². The third-order valence-corrected chi connectivity index (χ3v) is 2.35. The van der Waals surface area contributed by atoms with E-state index in [1.165, 1.54) is 7.11 Å². The van der Waals surface area contributed by atoms with Crippen LogP contribution in [0.5, 0.6) is 5.88 Å². The van der Waals surface area contributed by atoms with Crippen LogP contribution in [0.2, 0.25) is 0 Å². The summed E-state index contributed by atoms with van der Waals surface area (Å²) >= 11 is 0. The topological polar surface area (TPSA) is 75.6 Å². The molecule has 0 bridgehead atoms. The molecule has 1 aromatic heterocycles. The Morgan fingerprint density at radius 1 is 1.47 bits per heavy atom. The molecule has 0 saturated heterocycles. The van der Waals surface area contributed by atoms with E-state index < -0.39 is 5.97 Å². The van der Waals surface area contributed by atoms with E-state index in [4.69, 9.17) is 9.84 Å². The van der Waals surface area contributed by atoms with E-state index >= 15 is 0 Å². The zero-order valence-electron chi connectivity index (χ0n) is 10.3. The van der Waals surface area contributed by atoms with Crippen LogP contribution in [0.25, 0.3) is 0 Å². The number of nitrogens with zero attached hydrogens (tertiary/aromatic N) is 3. The monoisotopic (exact) mass is 239 g/mol. The third kappa shape index (κ3) is 3.99. The highest BCUT2D eigenvalue weighted by atomic mass is 16.5. The molecular formula is C11H17N3O3. The van der Waals surface area contributed by atoms with Crippen LogP contribution in [0.4, 0.5) is 0 Å². The van der Waals surface area contributed by atoms with Crippen molar-refractivity contribution in [3.8, 4) is 5.88 Å². The second-order valence-corrected chi connectivity index (χ2v) is 3.90. The van der Waals surface area contributed by atoms with Gasteiger partial charge >= 0.3 is 5.97 Å². The van der Waals surface area contributed by atoms with Crippen LogP contribution >= 0.6 is 0 Å². The van der Waals surface area contributed by atoms with Crippen molar-refractivity contribution in [1.82, 2.24) is 14.9 Å². The molecule has 0 aliphatic carbocycles. The fourth-order valence-electron chi connectivity index (χ4n) is 1.42. The van der Waals surface area contributed by atoms with Gasteiger partial charge in [-0.05, 0) is 13.8 Å². The lowest BCUT2D eigenvalue weighted by atomic mass is 10.3. The molecule has 6 heteroatoms. The maximum atomic E-state index is 10.7. The van der Waals surface area contributed by atoms with Gasteiger partial charge in [-0.2, -0.15) is 0 Å². The molecule has 94 valence electrons. The molecule has 0 atom stereocenters. The van der Waals surface area contributed by atoms with E-state index in [9.17, 15) is 4.79 Å². The van der Waals surface area contributed by atoms with Gasteiger partial charge in [-0.25, -0.2) is 4.98 Å². The van der Waals surface area contributed by atoms with Crippen molar-refractivity contribution in [3.63, 3.8) is 0 Å². The molecule has 1 aromatic rings. The van der Waals surface area contributed by atoms with Crippen molar-refractivity contribution >= 4 is 5.97 Å². The predicted molar refractivity (Wildman–Crippen MR) is 61.8 cm³/mol. The summed E-state index contributed by atoms with van der Waals surface area (Å²) < 4.78 is 5.08. The van der Waals surface area contributed by atoms with Gasteiger partial charge < -0.3 is 9.84 Å². The van der Waals surface area contributed by atoms with Gasteiger partial charge in [0.15, 0.2) is 0 Å². The highest BCUT2D eigenvalue weighted by molar-refractivity contribution is 5.69. The van der Waals surface area contributed by atoms with Crippen molar-refractivity contribution in [2.24, 2.45) is 0 Å². The number of hydrogen-bond acceptors (Lipinski definition) is 5.